The molecular formula is C24H28N2O. The quantitative estimate of drug-likeness (QED) is 0.609. The predicted molar refractivity (Wildman–Crippen MR) is 110 cm³/mol. The molecule has 0 radical (unpaired) electrons. The highest BCUT2D eigenvalue weighted by Crippen LogP contribution is 2.34. The lowest BCUT2D eigenvalue weighted by atomic mass is 9.97. The van der Waals surface area contributed by atoms with Crippen LogP contribution in [0.15, 0.2) is 79.0 Å². The maximum Gasteiger partial charge on any atom is 0.0449 e. The standard InChI is InChI=1S/C24H28N2O/c1-19-13-14-23(17-25-19)24(15-16-27)26(18-21-9-5-3-6-10-21)20(2)22-11-7-4-8-12-22/h3-14,17,20,24,27H,15-16,18H2,1-2H3/t20-,24+/m0/s1. The highest BCUT2D eigenvalue weighted by molar-refractivity contribution is 5.23. The number of aromatic nitrogens is 1. The lowest BCUT2D eigenvalue weighted by molar-refractivity contribution is 0.108. The lowest BCUT2D eigenvalue weighted by Crippen LogP contribution is -2.32. The maximum absolute atomic E-state index is 9.77. The van der Waals surface area contributed by atoms with E-state index < -0.39 is 0 Å². The van der Waals surface area contributed by atoms with Crippen LogP contribution in [-0.4, -0.2) is 21.6 Å². The van der Waals surface area contributed by atoms with Crippen LogP contribution in [0.3, 0.4) is 0 Å². The summed E-state index contributed by atoms with van der Waals surface area (Å²) >= 11 is 0. The third-order valence-corrected chi connectivity index (χ3v) is 5.11. The van der Waals surface area contributed by atoms with Crippen molar-refractivity contribution in [1.82, 2.24) is 9.88 Å². The van der Waals surface area contributed by atoms with Crippen LogP contribution in [0.25, 0.3) is 0 Å². The molecule has 3 rings (SSSR count). The van der Waals surface area contributed by atoms with E-state index in [2.05, 4.69) is 71.4 Å². The van der Waals surface area contributed by atoms with E-state index in [4.69, 9.17) is 0 Å². The maximum atomic E-state index is 9.77. The highest BCUT2D eigenvalue weighted by Gasteiger charge is 2.26. The Morgan fingerprint density at radius 1 is 0.889 bits per heavy atom. The van der Waals surface area contributed by atoms with E-state index in [1.165, 1.54) is 11.1 Å². The van der Waals surface area contributed by atoms with Gasteiger partial charge in [-0.3, -0.25) is 9.88 Å². The Morgan fingerprint density at radius 2 is 1.56 bits per heavy atom. The zero-order chi connectivity index (χ0) is 19.1. The van der Waals surface area contributed by atoms with Gasteiger partial charge in [-0.1, -0.05) is 66.7 Å². The van der Waals surface area contributed by atoms with Crippen molar-refractivity contribution in [2.45, 2.75) is 38.9 Å². The van der Waals surface area contributed by atoms with E-state index in [-0.39, 0.29) is 18.7 Å². The van der Waals surface area contributed by atoms with Gasteiger partial charge in [-0.15, -0.1) is 0 Å². The zero-order valence-electron chi connectivity index (χ0n) is 16.1. The van der Waals surface area contributed by atoms with E-state index >= 15 is 0 Å². The molecule has 0 aliphatic rings. The Labute approximate surface area is 162 Å². The number of hydrogen-bond acceptors (Lipinski definition) is 3. The number of nitrogens with zero attached hydrogens (tertiary/aromatic N) is 2. The number of rotatable bonds is 8. The number of aliphatic hydroxyl groups is 1. The number of benzene rings is 2. The summed E-state index contributed by atoms with van der Waals surface area (Å²) in [5.74, 6) is 0. The fourth-order valence-electron chi connectivity index (χ4n) is 3.56. The highest BCUT2D eigenvalue weighted by atomic mass is 16.3. The molecule has 1 aromatic heterocycles. The van der Waals surface area contributed by atoms with Crippen molar-refractivity contribution in [1.29, 1.82) is 0 Å². The second-order valence-corrected chi connectivity index (χ2v) is 7.01. The smallest absolute Gasteiger partial charge is 0.0449 e. The average molecular weight is 361 g/mol. The number of aryl methyl sites for hydroxylation is 1. The van der Waals surface area contributed by atoms with Crippen LogP contribution in [0.4, 0.5) is 0 Å². The van der Waals surface area contributed by atoms with Gasteiger partial charge in [-0.2, -0.15) is 0 Å². The third kappa shape index (κ3) is 5.03. The summed E-state index contributed by atoms with van der Waals surface area (Å²) in [6, 6.07) is 25.6. The van der Waals surface area contributed by atoms with E-state index in [1.807, 2.05) is 31.3 Å². The molecule has 0 aliphatic carbocycles. The fraction of sp³-hybridized carbons (Fsp3) is 0.292. The van der Waals surface area contributed by atoms with Crippen molar-refractivity contribution in [3.05, 3.63) is 101 Å². The van der Waals surface area contributed by atoms with Gasteiger partial charge in [0, 0.05) is 37.1 Å². The summed E-state index contributed by atoms with van der Waals surface area (Å²) in [7, 11) is 0. The van der Waals surface area contributed by atoms with Crippen LogP contribution in [-0.2, 0) is 6.54 Å². The SMILES string of the molecule is Cc1ccc([C@@H](CCO)N(Cc2ccccc2)[C@@H](C)c2ccccc2)cn1. The molecule has 0 unspecified atom stereocenters. The summed E-state index contributed by atoms with van der Waals surface area (Å²) < 4.78 is 0. The van der Waals surface area contributed by atoms with Gasteiger partial charge in [-0.25, -0.2) is 0 Å². The summed E-state index contributed by atoms with van der Waals surface area (Å²) in [4.78, 5) is 6.96. The van der Waals surface area contributed by atoms with E-state index in [1.54, 1.807) is 0 Å². The minimum absolute atomic E-state index is 0.0958. The summed E-state index contributed by atoms with van der Waals surface area (Å²) in [6.07, 6.45) is 2.63. The van der Waals surface area contributed by atoms with E-state index in [0.717, 1.165) is 17.8 Å². The topological polar surface area (TPSA) is 36.4 Å². The van der Waals surface area contributed by atoms with Gasteiger partial charge < -0.3 is 5.11 Å². The number of pyridine rings is 1. The Bertz CT molecular complexity index is 803. The lowest BCUT2D eigenvalue weighted by Gasteiger charge is -2.37. The zero-order valence-corrected chi connectivity index (χ0v) is 16.1. The Morgan fingerprint density at radius 3 is 2.15 bits per heavy atom. The molecule has 0 fully saturated rings. The second-order valence-electron chi connectivity index (χ2n) is 7.01. The minimum Gasteiger partial charge on any atom is -0.396 e. The molecule has 0 saturated heterocycles. The first-order chi connectivity index (χ1) is 13.2. The molecule has 2 atom stereocenters. The van der Waals surface area contributed by atoms with E-state index in [9.17, 15) is 5.11 Å². The van der Waals surface area contributed by atoms with Gasteiger partial charge in [0.2, 0.25) is 0 Å². The second kappa shape index (κ2) is 9.45. The molecule has 3 nitrogen and oxygen atoms in total. The first kappa shape index (κ1) is 19.3. The molecule has 2 aromatic carbocycles. The fourth-order valence-corrected chi connectivity index (χ4v) is 3.56. The minimum atomic E-state index is 0.0958. The summed E-state index contributed by atoms with van der Waals surface area (Å²) in [6.45, 7) is 5.20. The van der Waals surface area contributed by atoms with Gasteiger partial charge in [-0.05, 0) is 43.0 Å². The first-order valence-corrected chi connectivity index (χ1v) is 9.57. The van der Waals surface area contributed by atoms with Crippen LogP contribution < -0.4 is 0 Å². The van der Waals surface area contributed by atoms with Crippen LogP contribution in [0.1, 0.15) is 47.8 Å². The molecule has 3 aromatic rings. The molecule has 140 valence electrons. The molecule has 3 heteroatoms. The van der Waals surface area contributed by atoms with Crippen molar-refractivity contribution < 1.29 is 5.11 Å². The monoisotopic (exact) mass is 360 g/mol. The molecule has 1 N–H and O–H groups in total. The Hall–Kier alpha value is -2.49. The number of aliphatic hydroxyl groups excluding tert-OH is 1. The molecule has 0 saturated carbocycles. The van der Waals surface area contributed by atoms with Crippen molar-refractivity contribution in [2.24, 2.45) is 0 Å². The van der Waals surface area contributed by atoms with Gasteiger partial charge in [0.15, 0.2) is 0 Å². The van der Waals surface area contributed by atoms with Gasteiger partial charge in [0.1, 0.15) is 0 Å². The van der Waals surface area contributed by atoms with Crippen molar-refractivity contribution >= 4 is 0 Å². The van der Waals surface area contributed by atoms with E-state index in [0.29, 0.717) is 6.42 Å². The largest absolute Gasteiger partial charge is 0.396 e. The summed E-state index contributed by atoms with van der Waals surface area (Å²) in [5, 5.41) is 9.77. The molecule has 0 aliphatic heterocycles. The van der Waals surface area contributed by atoms with Crippen molar-refractivity contribution in [3.8, 4) is 0 Å². The molecule has 1 heterocycles. The molecule has 27 heavy (non-hydrogen) atoms. The Balaban J connectivity index is 1.98. The molecular weight excluding hydrogens is 332 g/mol. The molecule has 0 spiro atoms. The predicted octanol–water partition coefficient (Wildman–Crippen LogP) is 5.08. The first-order valence-electron chi connectivity index (χ1n) is 9.57. The van der Waals surface area contributed by atoms with Crippen molar-refractivity contribution in [3.63, 3.8) is 0 Å². The summed E-state index contributed by atoms with van der Waals surface area (Å²) in [5.41, 5.74) is 4.69. The normalized spacial score (nSPS) is 13.5. The van der Waals surface area contributed by atoms with Crippen LogP contribution in [0.2, 0.25) is 0 Å². The molecule has 0 amide bonds. The third-order valence-electron chi connectivity index (χ3n) is 5.11. The van der Waals surface area contributed by atoms with Gasteiger partial charge >= 0.3 is 0 Å². The number of hydrogen-bond donors (Lipinski definition) is 1. The van der Waals surface area contributed by atoms with Crippen LogP contribution >= 0.6 is 0 Å². The van der Waals surface area contributed by atoms with Crippen LogP contribution in [0, 0.1) is 6.92 Å². The molecule has 0 bridgehead atoms. The van der Waals surface area contributed by atoms with Gasteiger partial charge in [0.05, 0.1) is 0 Å². The average Bonchev–Trinajstić information content (AvgIpc) is 2.72. The van der Waals surface area contributed by atoms with Crippen LogP contribution in [0.5, 0.6) is 0 Å². The Kier molecular flexibility index (Phi) is 6.74. The van der Waals surface area contributed by atoms with Gasteiger partial charge in [0.25, 0.3) is 0 Å². The van der Waals surface area contributed by atoms with Crippen molar-refractivity contribution in [2.75, 3.05) is 6.61 Å².